The van der Waals surface area contributed by atoms with Crippen molar-refractivity contribution in [3.05, 3.63) is 53.4 Å². The van der Waals surface area contributed by atoms with Crippen molar-refractivity contribution < 1.29 is 4.79 Å². The standard InChI is InChI=1S/C13H11N5OS/c1-9-8-20-13(16-9)17-12(19)10-3-4-11(14-7-10)18-6-2-5-15-18/h2-8H,1H3,(H,16,17,19). The zero-order valence-corrected chi connectivity index (χ0v) is 11.5. The summed E-state index contributed by atoms with van der Waals surface area (Å²) in [6.07, 6.45) is 4.99. The average Bonchev–Trinajstić information content (AvgIpc) is 3.11. The van der Waals surface area contributed by atoms with Crippen LogP contribution in [0.3, 0.4) is 0 Å². The molecule has 0 aliphatic heterocycles. The number of aromatic nitrogens is 4. The molecule has 0 aliphatic carbocycles. The van der Waals surface area contributed by atoms with Crippen molar-refractivity contribution in [3.63, 3.8) is 0 Å². The summed E-state index contributed by atoms with van der Waals surface area (Å²) in [5.74, 6) is 0.440. The van der Waals surface area contributed by atoms with E-state index in [1.54, 1.807) is 29.2 Å². The Hall–Kier alpha value is -2.54. The molecule has 0 fully saturated rings. The molecule has 1 amide bonds. The Morgan fingerprint density at radius 1 is 1.40 bits per heavy atom. The number of hydrogen-bond donors (Lipinski definition) is 1. The minimum atomic E-state index is -0.223. The van der Waals surface area contributed by atoms with Crippen LogP contribution in [0.1, 0.15) is 16.1 Å². The fraction of sp³-hybridized carbons (Fsp3) is 0.0769. The highest BCUT2D eigenvalue weighted by atomic mass is 32.1. The first-order valence-corrected chi connectivity index (χ1v) is 6.80. The van der Waals surface area contributed by atoms with E-state index in [4.69, 9.17) is 0 Å². The molecule has 3 heterocycles. The van der Waals surface area contributed by atoms with E-state index in [1.807, 2.05) is 18.4 Å². The zero-order chi connectivity index (χ0) is 13.9. The predicted octanol–water partition coefficient (Wildman–Crippen LogP) is 2.28. The lowest BCUT2D eigenvalue weighted by atomic mass is 10.2. The van der Waals surface area contributed by atoms with Crippen molar-refractivity contribution in [2.24, 2.45) is 0 Å². The lowest BCUT2D eigenvalue weighted by Gasteiger charge is -2.03. The molecule has 7 heteroatoms. The zero-order valence-electron chi connectivity index (χ0n) is 10.6. The average molecular weight is 285 g/mol. The van der Waals surface area contributed by atoms with Crippen molar-refractivity contribution >= 4 is 22.4 Å². The first kappa shape index (κ1) is 12.5. The fourth-order valence-corrected chi connectivity index (χ4v) is 2.32. The van der Waals surface area contributed by atoms with Crippen molar-refractivity contribution in [2.45, 2.75) is 6.92 Å². The van der Waals surface area contributed by atoms with Crippen LogP contribution in [0.2, 0.25) is 0 Å². The molecule has 1 N–H and O–H groups in total. The lowest BCUT2D eigenvalue weighted by Crippen LogP contribution is -2.12. The van der Waals surface area contributed by atoms with Gasteiger partial charge in [0, 0.05) is 24.0 Å². The molecule has 0 saturated carbocycles. The third-order valence-corrected chi connectivity index (χ3v) is 3.46. The Morgan fingerprint density at radius 3 is 2.90 bits per heavy atom. The second-order valence-corrected chi connectivity index (χ2v) is 4.96. The third kappa shape index (κ3) is 2.57. The number of carbonyl (C=O) groups is 1. The molecule has 0 aliphatic rings. The maximum Gasteiger partial charge on any atom is 0.259 e. The molecule has 3 aromatic rings. The molecule has 0 spiro atoms. The molecule has 0 radical (unpaired) electrons. The number of carbonyl (C=O) groups excluding carboxylic acids is 1. The van der Waals surface area contributed by atoms with Gasteiger partial charge < -0.3 is 0 Å². The second-order valence-electron chi connectivity index (χ2n) is 4.10. The van der Waals surface area contributed by atoms with Crippen LogP contribution < -0.4 is 5.32 Å². The van der Waals surface area contributed by atoms with Crippen molar-refractivity contribution in [2.75, 3.05) is 5.32 Å². The van der Waals surface area contributed by atoms with Gasteiger partial charge >= 0.3 is 0 Å². The van der Waals surface area contributed by atoms with Gasteiger partial charge in [-0.2, -0.15) is 5.10 Å². The highest BCUT2D eigenvalue weighted by molar-refractivity contribution is 7.13. The van der Waals surface area contributed by atoms with Gasteiger partial charge in [-0.3, -0.25) is 10.1 Å². The van der Waals surface area contributed by atoms with E-state index in [9.17, 15) is 4.79 Å². The largest absolute Gasteiger partial charge is 0.298 e. The second kappa shape index (κ2) is 5.22. The number of aryl methyl sites for hydroxylation is 1. The van der Waals surface area contributed by atoms with Gasteiger partial charge in [0.15, 0.2) is 10.9 Å². The number of hydrogen-bond acceptors (Lipinski definition) is 5. The Labute approximate surface area is 119 Å². The molecule has 0 bridgehead atoms. The van der Waals surface area contributed by atoms with E-state index in [0.717, 1.165) is 5.69 Å². The van der Waals surface area contributed by atoms with Gasteiger partial charge in [-0.25, -0.2) is 14.6 Å². The quantitative estimate of drug-likeness (QED) is 0.801. The molecular formula is C13H11N5OS. The third-order valence-electron chi connectivity index (χ3n) is 2.59. The molecule has 0 unspecified atom stereocenters. The predicted molar refractivity (Wildman–Crippen MR) is 76.2 cm³/mol. The summed E-state index contributed by atoms with van der Waals surface area (Å²) in [5, 5.41) is 9.29. The fourth-order valence-electron chi connectivity index (χ4n) is 1.64. The summed E-state index contributed by atoms with van der Waals surface area (Å²) in [6, 6.07) is 5.27. The van der Waals surface area contributed by atoms with Crippen molar-refractivity contribution in [3.8, 4) is 5.82 Å². The van der Waals surface area contributed by atoms with Crippen LogP contribution in [0, 0.1) is 6.92 Å². The summed E-state index contributed by atoms with van der Waals surface area (Å²) in [4.78, 5) is 20.4. The van der Waals surface area contributed by atoms with E-state index in [0.29, 0.717) is 16.5 Å². The van der Waals surface area contributed by atoms with E-state index in [1.165, 1.54) is 17.5 Å². The highest BCUT2D eigenvalue weighted by Gasteiger charge is 2.09. The lowest BCUT2D eigenvalue weighted by molar-refractivity contribution is 0.102. The van der Waals surface area contributed by atoms with Gasteiger partial charge in [-0.05, 0) is 25.1 Å². The number of nitrogens with zero attached hydrogens (tertiary/aromatic N) is 4. The van der Waals surface area contributed by atoms with Crippen LogP contribution in [0.15, 0.2) is 42.2 Å². The van der Waals surface area contributed by atoms with Crippen molar-refractivity contribution in [1.29, 1.82) is 0 Å². The first-order valence-electron chi connectivity index (χ1n) is 5.92. The summed E-state index contributed by atoms with van der Waals surface area (Å²) in [5.41, 5.74) is 1.37. The molecule has 6 nitrogen and oxygen atoms in total. The van der Waals surface area contributed by atoms with Gasteiger partial charge in [-0.1, -0.05) is 0 Å². The maximum atomic E-state index is 12.0. The number of nitrogens with one attached hydrogen (secondary N) is 1. The van der Waals surface area contributed by atoms with Crippen LogP contribution in [0.4, 0.5) is 5.13 Å². The summed E-state index contributed by atoms with van der Waals surface area (Å²) < 4.78 is 1.63. The number of rotatable bonds is 3. The maximum absolute atomic E-state index is 12.0. The van der Waals surface area contributed by atoms with Crippen LogP contribution in [-0.4, -0.2) is 25.7 Å². The number of anilines is 1. The minimum Gasteiger partial charge on any atom is -0.298 e. The van der Waals surface area contributed by atoms with Crippen LogP contribution >= 0.6 is 11.3 Å². The van der Waals surface area contributed by atoms with Gasteiger partial charge in [0.1, 0.15) is 0 Å². The van der Waals surface area contributed by atoms with E-state index < -0.39 is 0 Å². The molecule has 3 rings (SSSR count). The number of amides is 1. The van der Waals surface area contributed by atoms with E-state index in [-0.39, 0.29) is 5.91 Å². The molecule has 0 aromatic carbocycles. The topological polar surface area (TPSA) is 72.7 Å². The van der Waals surface area contributed by atoms with Gasteiger partial charge in [0.05, 0.1) is 11.3 Å². The molecular weight excluding hydrogens is 274 g/mol. The molecule has 0 saturated heterocycles. The summed E-state index contributed by atoms with van der Waals surface area (Å²) in [6.45, 7) is 1.88. The summed E-state index contributed by atoms with van der Waals surface area (Å²) in [7, 11) is 0. The van der Waals surface area contributed by atoms with Gasteiger partial charge in [-0.15, -0.1) is 11.3 Å². The molecule has 20 heavy (non-hydrogen) atoms. The van der Waals surface area contributed by atoms with Gasteiger partial charge in [0.2, 0.25) is 0 Å². The Morgan fingerprint density at radius 2 is 2.30 bits per heavy atom. The SMILES string of the molecule is Cc1csc(NC(=O)c2ccc(-n3cccn3)nc2)n1. The summed E-state index contributed by atoms with van der Waals surface area (Å²) >= 11 is 1.40. The van der Waals surface area contributed by atoms with Gasteiger partial charge in [0.25, 0.3) is 5.91 Å². The molecule has 3 aromatic heterocycles. The molecule has 100 valence electrons. The first-order chi connectivity index (χ1) is 9.72. The Balaban J connectivity index is 1.75. The highest BCUT2D eigenvalue weighted by Crippen LogP contribution is 2.15. The smallest absolute Gasteiger partial charge is 0.259 e. The van der Waals surface area contributed by atoms with Crippen LogP contribution in [-0.2, 0) is 0 Å². The monoisotopic (exact) mass is 285 g/mol. The molecule has 0 atom stereocenters. The Kier molecular flexibility index (Phi) is 3.26. The Bertz CT molecular complexity index is 718. The normalized spacial score (nSPS) is 10.4. The van der Waals surface area contributed by atoms with E-state index in [2.05, 4.69) is 20.4 Å². The number of pyridine rings is 1. The minimum absolute atomic E-state index is 0.223. The van der Waals surface area contributed by atoms with E-state index >= 15 is 0 Å². The van der Waals surface area contributed by atoms with Crippen LogP contribution in [0.25, 0.3) is 5.82 Å². The van der Waals surface area contributed by atoms with Crippen LogP contribution in [0.5, 0.6) is 0 Å². The van der Waals surface area contributed by atoms with Crippen molar-refractivity contribution in [1.82, 2.24) is 19.7 Å². The number of thiazole rings is 1.